The Hall–Kier alpha value is -2.97. The van der Waals surface area contributed by atoms with Gasteiger partial charge in [0, 0.05) is 63.3 Å². The SMILES string of the molecule is CNc1nc(C)cc(N[C@@H]2CCN(c3nc(C(=O)N(C)C)nc(C)c3C)C2)n1. The Morgan fingerprint density at radius 1 is 1.18 bits per heavy atom. The Kier molecular flexibility index (Phi) is 5.62. The standard InChI is InChI=1S/C19H28N8O/c1-11-9-15(24-19(20-4)21-11)23-14-7-8-27(10-14)17-12(2)13(3)22-16(25-17)18(28)26(5)6/h9,14H,7-8,10H2,1-6H3,(H2,20,21,23,24)/t14-/m1/s1. The van der Waals surface area contributed by atoms with Gasteiger partial charge in [-0.2, -0.15) is 4.98 Å². The molecular weight excluding hydrogens is 356 g/mol. The number of amides is 1. The summed E-state index contributed by atoms with van der Waals surface area (Å²) in [6.07, 6.45) is 0.956. The molecule has 1 saturated heterocycles. The average Bonchev–Trinajstić information content (AvgIpc) is 3.10. The lowest BCUT2D eigenvalue weighted by molar-refractivity contribution is 0.0815. The molecule has 1 fully saturated rings. The van der Waals surface area contributed by atoms with Crippen LogP contribution < -0.4 is 15.5 Å². The minimum absolute atomic E-state index is 0.186. The molecule has 9 nitrogen and oxygen atoms in total. The van der Waals surface area contributed by atoms with Crippen LogP contribution in [0.2, 0.25) is 0 Å². The van der Waals surface area contributed by atoms with E-state index in [1.165, 1.54) is 4.90 Å². The number of carbonyl (C=O) groups is 1. The third-order valence-electron chi connectivity index (χ3n) is 4.88. The second-order valence-electron chi connectivity index (χ2n) is 7.32. The maximum absolute atomic E-state index is 12.3. The Morgan fingerprint density at radius 2 is 1.93 bits per heavy atom. The van der Waals surface area contributed by atoms with E-state index in [1.54, 1.807) is 14.1 Å². The number of rotatable bonds is 5. The molecule has 3 heterocycles. The van der Waals surface area contributed by atoms with Gasteiger partial charge in [-0.1, -0.05) is 0 Å². The van der Waals surface area contributed by atoms with Crippen molar-refractivity contribution < 1.29 is 4.79 Å². The number of anilines is 3. The van der Waals surface area contributed by atoms with Gasteiger partial charge in [-0.05, 0) is 27.2 Å². The molecule has 0 saturated carbocycles. The highest BCUT2D eigenvalue weighted by Gasteiger charge is 2.27. The molecule has 1 aliphatic heterocycles. The van der Waals surface area contributed by atoms with Crippen molar-refractivity contribution in [3.05, 3.63) is 28.8 Å². The van der Waals surface area contributed by atoms with Crippen LogP contribution in [0.25, 0.3) is 0 Å². The first-order valence-electron chi connectivity index (χ1n) is 9.40. The van der Waals surface area contributed by atoms with Crippen molar-refractivity contribution >= 4 is 23.5 Å². The molecule has 0 aromatic carbocycles. The zero-order chi connectivity index (χ0) is 20.4. The molecule has 1 aliphatic rings. The van der Waals surface area contributed by atoms with E-state index in [0.717, 1.165) is 48.1 Å². The molecule has 2 aromatic heterocycles. The van der Waals surface area contributed by atoms with Crippen LogP contribution in [0.3, 0.4) is 0 Å². The quantitative estimate of drug-likeness (QED) is 0.802. The minimum Gasteiger partial charge on any atom is -0.365 e. The summed E-state index contributed by atoms with van der Waals surface area (Å²) in [6.45, 7) is 7.51. The predicted molar refractivity (Wildman–Crippen MR) is 110 cm³/mol. The van der Waals surface area contributed by atoms with Gasteiger partial charge in [-0.25, -0.2) is 15.0 Å². The number of carbonyl (C=O) groups excluding carboxylic acids is 1. The molecule has 1 amide bonds. The van der Waals surface area contributed by atoms with E-state index in [1.807, 2.05) is 33.9 Å². The first-order valence-corrected chi connectivity index (χ1v) is 9.40. The van der Waals surface area contributed by atoms with E-state index in [0.29, 0.717) is 5.95 Å². The highest BCUT2D eigenvalue weighted by molar-refractivity contribution is 5.90. The molecule has 3 rings (SSSR count). The summed E-state index contributed by atoms with van der Waals surface area (Å²) in [4.78, 5) is 33.8. The van der Waals surface area contributed by atoms with E-state index >= 15 is 0 Å². The predicted octanol–water partition coefficient (Wildman–Crippen LogP) is 1.63. The number of nitrogens with one attached hydrogen (secondary N) is 2. The van der Waals surface area contributed by atoms with Crippen LogP contribution in [0.4, 0.5) is 17.6 Å². The lowest BCUT2D eigenvalue weighted by Crippen LogP contribution is -2.30. The highest BCUT2D eigenvalue weighted by Crippen LogP contribution is 2.25. The summed E-state index contributed by atoms with van der Waals surface area (Å²) in [7, 11) is 5.22. The molecule has 0 bridgehead atoms. The van der Waals surface area contributed by atoms with Crippen LogP contribution in [0.15, 0.2) is 6.07 Å². The third kappa shape index (κ3) is 4.13. The summed E-state index contributed by atoms with van der Waals surface area (Å²) in [5.74, 6) is 2.30. The molecule has 0 unspecified atom stereocenters. The van der Waals surface area contributed by atoms with Crippen LogP contribution in [0, 0.1) is 20.8 Å². The van der Waals surface area contributed by atoms with Crippen molar-refractivity contribution in [1.29, 1.82) is 0 Å². The van der Waals surface area contributed by atoms with Crippen LogP contribution in [0.1, 0.15) is 34.0 Å². The van der Waals surface area contributed by atoms with Crippen LogP contribution >= 0.6 is 0 Å². The molecule has 28 heavy (non-hydrogen) atoms. The van der Waals surface area contributed by atoms with Crippen LogP contribution in [0.5, 0.6) is 0 Å². The van der Waals surface area contributed by atoms with E-state index in [-0.39, 0.29) is 17.8 Å². The molecule has 2 N–H and O–H groups in total. The fraction of sp³-hybridized carbons (Fsp3) is 0.526. The topological polar surface area (TPSA) is 99.2 Å². The van der Waals surface area contributed by atoms with Gasteiger partial charge in [0.05, 0.1) is 0 Å². The summed E-state index contributed by atoms with van der Waals surface area (Å²) in [5, 5.41) is 6.48. The molecule has 0 spiro atoms. The molecule has 2 aromatic rings. The molecule has 0 radical (unpaired) electrons. The van der Waals surface area contributed by atoms with Crippen molar-refractivity contribution in [2.24, 2.45) is 0 Å². The van der Waals surface area contributed by atoms with Crippen LogP contribution in [-0.4, -0.2) is 71.0 Å². The second kappa shape index (κ2) is 7.95. The van der Waals surface area contributed by atoms with E-state index in [2.05, 4.69) is 35.5 Å². The molecule has 150 valence electrons. The van der Waals surface area contributed by atoms with Crippen molar-refractivity contribution in [2.75, 3.05) is 49.8 Å². The summed E-state index contributed by atoms with van der Waals surface area (Å²) < 4.78 is 0. The van der Waals surface area contributed by atoms with Crippen molar-refractivity contribution in [3.63, 3.8) is 0 Å². The zero-order valence-corrected chi connectivity index (χ0v) is 17.4. The summed E-state index contributed by atoms with van der Waals surface area (Å²) in [5.41, 5.74) is 2.74. The molecule has 1 atom stereocenters. The minimum atomic E-state index is -0.186. The lowest BCUT2D eigenvalue weighted by atomic mass is 10.2. The average molecular weight is 384 g/mol. The zero-order valence-electron chi connectivity index (χ0n) is 17.4. The monoisotopic (exact) mass is 384 g/mol. The number of aryl methyl sites for hydroxylation is 2. The van der Waals surface area contributed by atoms with Crippen molar-refractivity contribution in [2.45, 2.75) is 33.2 Å². The normalized spacial score (nSPS) is 16.2. The first-order chi connectivity index (χ1) is 13.3. The van der Waals surface area contributed by atoms with Crippen molar-refractivity contribution in [1.82, 2.24) is 24.8 Å². The second-order valence-corrected chi connectivity index (χ2v) is 7.32. The largest absolute Gasteiger partial charge is 0.365 e. The maximum Gasteiger partial charge on any atom is 0.291 e. The number of nitrogens with zero attached hydrogens (tertiary/aromatic N) is 6. The Bertz CT molecular complexity index is 882. The van der Waals surface area contributed by atoms with Crippen LogP contribution in [-0.2, 0) is 0 Å². The van der Waals surface area contributed by atoms with Gasteiger partial charge >= 0.3 is 0 Å². The smallest absolute Gasteiger partial charge is 0.291 e. The fourth-order valence-electron chi connectivity index (χ4n) is 3.25. The van der Waals surface area contributed by atoms with Gasteiger partial charge in [-0.15, -0.1) is 0 Å². The van der Waals surface area contributed by atoms with Gasteiger partial charge in [0.15, 0.2) is 0 Å². The van der Waals surface area contributed by atoms with E-state index < -0.39 is 0 Å². The lowest BCUT2D eigenvalue weighted by Gasteiger charge is -2.22. The Labute approximate surface area is 165 Å². The summed E-state index contributed by atoms with van der Waals surface area (Å²) in [6, 6.07) is 2.18. The van der Waals surface area contributed by atoms with Gasteiger partial charge < -0.3 is 20.4 Å². The van der Waals surface area contributed by atoms with Crippen molar-refractivity contribution in [3.8, 4) is 0 Å². The maximum atomic E-state index is 12.3. The van der Waals surface area contributed by atoms with Gasteiger partial charge in [0.2, 0.25) is 11.8 Å². The highest BCUT2D eigenvalue weighted by atomic mass is 16.2. The summed E-state index contributed by atoms with van der Waals surface area (Å²) >= 11 is 0. The van der Waals surface area contributed by atoms with Gasteiger partial charge in [-0.3, -0.25) is 4.79 Å². The van der Waals surface area contributed by atoms with E-state index in [4.69, 9.17) is 0 Å². The molecular formula is C19H28N8O. The molecule has 9 heteroatoms. The third-order valence-corrected chi connectivity index (χ3v) is 4.88. The molecule has 0 aliphatic carbocycles. The number of hydrogen-bond acceptors (Lipinski definition) is 8. The number of hydrogen-bond donors (Lipinski definition) is 2. The van der Waals surface area contributed by atoms with Gasteiger partial charge in [0.1, 0.15) is 11.6 Å². The van der Waals surface area contributed by atoms with E-state index in [9.17, 15) is 4.79 Å². The first kappa shape index (κ1) is 19.8. The van der Waals surface area contributed by atoms with Gasteiger partial charge in [0.25, 0.3) is 5.91 Å². The fourth-order valence-corrected chi connectivity index (χ4v) is 3.25. The Balaban J connectivity index is 1.78. The number of aromatic nitrogens is 4. The Morgan fingerprint density at radius 3 is 2.61 bits per heavy atom.